The van der Waals surface area contributed by atoms with E-state index in [0.29, 0.717) is 0 Å². The molecule has 0 spiro atoms. The molecule has 0 N–H and O–H groups in total. The molecule has 6 aromatic rings. The van der Waals surface area contributed by atoms with Crippen molar-refractivity contribution in [1.82, 2.24) is 0 Å². The SMILES string of the molecule is Cc1cc2ccccc2c(OP(Oc2c(C)c(C)cc3ccccc23)Oc2c(C)c(C)cc3ccccc23)c1C. The predicted molar refractivity (Wildman–Crippen MR) is 169 cm³/mol. The smallest absolute Gasteiger partial charge is 0.408 e. The second-order valence-electron chi connectivity index (χ2n) is 10.6. The lowest BCUT2D eigenvalue weighted by molar-refractivity contribution is 0.390. The van der Waals surface area contributed by atoms with Crippen LogP contribution in [0.25, 0.3) is 32.3 Å². The number of rotatable bonds is 6. The first-order valence-electron chi connectivity index (χ1n) is 13.6. The molecule has 0 amide bonds. The van der Waals surface area contributed by atoms with Crippen molar-refractivity contribution in [2.75, 3.05) is 0 Å². The Hall–Kier alpha value is -4.07. The van der Waals surface area contributed by atoms with E-state index in [1.807, 2.05) is 18.2 Å². The van der Waals surface area contributed by atoms with Gasteiger partial charge in [-0.25, -0.2) is 0 Å². The van der Waals surface area contributed by atoms with Crippen LogP contribution in [-0.4, -0.2) is 0 Å². The highest BCUT2D eigenvalue weighted by Gasteiger charge is 2.27. The maximum Gasteiger partial charge on any atom is 0.530 e. The summed E-state index contributed by atoms with van der Waals surface area (Å²) in [5.74, 6) is 2.39. The van der Waals surface area contributed by atoms with E-state index in [4.69, 9.17) is 13.6 Å². The first-order chi connectivity index (χ1) is 19.3. The van der Waals surface area contributed by atoms with Gasteiger partial charge in [-0.2, -0.15) is 0 Å². The number of fused-ring (bicyclic) bond motifs is 3. The molecule has 0 saturated carbocycles. The van der Waals surface area contributed by atoms with Gasteiger partial charge in [0, 0.05) is 16.2 Å². The standard InChI is InChI=1S/C36H33O3P/c1-22-19-28-13-7-10-16-31(28)34(25(22)4)37-40(38-35-26(5)23(2)20-29-14-8-11-17-32(29)35)39-36-27(6)24(3)21-30-15-9-12-18-33(30)36/h7-21H,1-6H3. The van der Waals surface area contributed by atoms with Gasteiger partial charge in [0.05, 0.1) is 0 Å². The van der Waals surface area contributed by atoms with Gasteiger partial charge < -0.3 is 13.6 Å². The monoisotopic (exact) mass is 544 g/mol. The number of benzene rings is 6. The minimum absolute atomic E-state index is 0.797. The molecule has 0 heterocycles. The van der Waals surface area contributed by atoms with Gasteiger partial charge in [0.1, 0.15) is 17.2 Å². The highest BCUT2D eigenvalue weighted by molar-refractivity contribution is 7.43. The lowest BCUT2D eigenvalue weighted by Crippen LogP contribution is -2.07. The van der Waals surface area contributed by atoms with Gasteiger partial charge in [0.25, 0.3) is 0 Å². The topological polar surface area (TPSA) is 27.7 Å². The van der Waals surface area contributed by atoms with Crippen LogP contribution >= 0.6 is 8.60 Å². The summed E-state index contributed by atoms with van der Waals surface area (Å²) in [6.45, 7) is 12.7. The lowest BCUT2D eigenvalue weighted by atomic mass is 10.0. The van der Waals surface area contributed by atoms with Crippen LogP contribution in [0.3, 0.4) is 0 Å². The number of aryl methyl sites for hydroxylation is 3. The summed E-state index contributed by atoms with van der Waals surface area (Å²) in [7, 11) is -1.89. The first kappa shape index (κ1) is 26.2. The molecule has 0 aliphatic carbocycles. The van der Waals surface area contributed by atoms with Crippen molar-refractivity contribution in [3.05, 3.63) is 124 Å². The molecule has 0 aliphatic rings. The Balaban J connectivity index is 1.54. The van der Waals surface area contributed by atoms with Gasteiger partial charge in [0.2, 0.25) is 0 Å². The molecule has 6 aromatic carbocycles. The third kappa shape index (κ3) is 4.65. The van der Waals surface area contributed by atoms with Crippen LogP contribution in [0, 0.1) is 41.5 Å². The van der Waals surface area contributed by atoms with E-state index in [1.165, 1.54) is 0 Å². The third-order valence-electron chi connectivity index (χ3n) is 8.03. The zero-order valence-corrected chi connectivity index (χ0v) is 24.7. The lowest BCUT2D eigenvalue weighted by Gasteiger charge is -2.24. The zero-order valence-electron chi connectivity index (χ0n) is 23.8. The molecular formula is C36H33O3P. The van der Waals surface area contributed by atoms with E-state index in [0.717, 1.165) is 82.9 Å². The second-order valence-corrected chi connectivity index (χ2v) is 11.6. The summed E-state index contributed by atoms with van der Waals surface area (Å²) in [5.41, 5.74) is 6.73. The van der Waals surface area contributed by atoms with Crippen molar-refractivity contribution in [1.29, 1.82) is 0 Å². The summed E-state index contributed by atoms with van der Waals surface area (Å²) in [6, 6.07) is 31.6. The zero-order chi connectivity index (χ0) is 28.0. The van der Waals surface area contributed by atoms with E-state index >= 15 is 0 Å². The van der Waals surface area contributed by atoms with Gasteiger partial charge in [-0.3, -0.25) is 0 Å². The molecule has 6 rings (SSSR count). The summed E-state index contributed by atoms with van der Waals surface area (Å²) in [6.07, 6.45) is 0. The molecule has 0 unspecified atom stereocenters. The highest BCUT2D eigenvalue weighted by Crippen LogP contribution is 2.50. The van der Waals surface area contributed by atoms with Gasteiger partial charge in [-0.05, 0) is 91.1 Å². The maximum absolute atomic E-state index is 6.86. The molecule has 3 nitrogen and oxygen atoms in total. The van der Waals surface area contributed by atoms with E-state index < -0.39 is 8.60 Å². The van der Waals surface area contributed by atoms with Crippen molar-refractivity contribution < 1.29 is 13.6 Å². The molecule has 0 radical (unpaired) electrons. The van der Waals surface area contributed by atoms with Crippen molar-refractivity contribution >= 4 is 40.9 Å². The molecule has 4 heteroatoms. The van der Waals surface area contributed by atoms with Crippen molar-refractivity contribution in [2.45, 2.75) is 41.5 Å². The van der Waals surface area contributed by atoms with Crippen LogP contribution in [0.2, 0.25) is 0 Å². The molecule has 0 aliphatic heterocycles. The fraction of sp³-hybridized carbons (Fsp3) is 0.167. The molecule has 0 fully saturated rings. The summed E-state index contributed by atoms with van der Waals surface area (Å²) >= 11 is 0. The predicted octanol–water partition coefficient (Wildman–Crippen LogP) is 10.8. The molecule has 0 bridgehead atoms. The average molecular weight is 545 g/mol. The Morgan fingerprint density at radius 2 is 0.675 bits per heavy atom. The summed E-state index contributed by atoms with van der Waals surface area (Å²) < 4.78 is 20.6. The van der Waals surface area contributed by atoms with Crippen molar-refractivity contribution in [2.24, 2.45) is 0 Å². The summed E-state index contributed by atoms with van der Waals surface area (Å²) in [5, 5.41) is 6.52. The second kappa shape index (κ2) is 10.5. The minimum Gasteiger partial charge on any atom is -0.408 e. The van der Waals surface area contributed by atoms with Gasteiger partial charge in [-0.1, -0.05) is 91.0 Å². The van der Waals surface area contributed by atoms with E-state index in [1.54, 1.807) is 0 Å². The molecule has 0 saturated heterocycles. The van der Waals surface area contributed by atoms with E-state index in [9.17, 15) is 0 Å². The molecule has 0 aromatic heterocycles. The summed E-state index contributed by atoms with van der Waals surface area (Å²) in [4.78, 5) is 0. The van der Waals surface area contributed by atoms with Gasteiger partial charge in [-0.15, -0.1) is 0 Å². The quantitative estimate of drug-likeness (QED) is 0.195. The Labute approximate surface area is 237 Å². The highest BCUT2D eigenvalue weighted by atomic mass is 31.2. The number of hydrogen-bond acceptors (Lipinski definition) is 3. The maximum atomic E-state index is 6.86. The van der Waals surface area contributed by atoms with E-state index in [2.05, 4.69) is 114 Å². The Morgan fingerprint density at radius 3 is 0.975 bits per heavy atom. The van der Waals surface area contributed by atoms with Crippen LogP contribution in [0.5, 0.6) is 17.2 Å². The van der Waals surface area contributed by atoms with Crippen molar-refractivity contribution in [3.63, 3.8) is 0 Å². The van der Waals surface area contributed by atoms with Crippen LogP contribution in [0.4, 0.5) is 0 Å². The average Bonchev–Trinajstić information content (AvgIpc) is 2.95. The van der Waals surface area contributed by atoms with Crippen LogP contribution < -0.4 is 13.6 Å². The third-order valence-corrected chi connectivity index (χ3v) is 9.02. The Kier molecular flexibility index (Phi) is 6.86. The molecule has 0 atom stereocenters. The Morgan fingerprint density at radius 1 is 0.400 bits per heavy atom. The largest absolute Gasteiger partial charge is 0.530 e. The van der Waals surface area contributed by atoms with Gasteiger partial charge >= 0.3 is 8.60 Å². The van der Waals surface area contributed by atoms with E-state index in [-0.39, 0.29) is 0 Å². The fourth-order valence-corrected chi connectivity index (χ4v) is 6.55. The van der Waals surface area contributed by atoms with Crippen molar-refractivity contribution in [3.8, 4) is 17.2 Å². The molecule has 200 valence electrons. The van der Waals surface area contributed by atoms with Gasteiger partial charge in [0.15, 0.2) is 0 Å². The molecule has 40 heavy (non-hydrogen) atoms. The first-order valence-corrected chi connectivity index (χ1v) is 14.7. The Bertz CT molecular complexity index is 1690. The van der Waals surface area contributed by atoms with Crippen LogP contribution in [0.1, 0.15) is 33.4 Å². The minimum atomic E-state index is -1.89. The number of hydrogen-bond donors (Lipinski definition) is 0. The normalized spacial score (nSPS) is 11.5. The molecular weight excluding hydrogens is 511 g/mol. The van der Waals surface area contributed by atoms with Crippen LogP contribution in [-0.2, 0) is 0 Å². The fourth-order valence-electron chi connectivity index (χ4n) is 5.29. The van der Waals surface area contributed by atoms with Crippen LogP contribution in [0.15, 0.2) is 91.0 Å².